The molecule has 1 unspecified atom stereocenters. The van der Waals surface area contributed by atoms with Crippen LogP contribution >= 0.6 is 0 Å². The summed E-state index contributed by atoms with van der Waals surface area (Å²) in [7, 11) is 0. The summed E-state index contributed by atoms with van der Waals surface area (Å²) in [5.74, 6) is -0.954. The number of carbonyl (C=O) groups is 2. The van der Waals surface area contributed by atoms with Crippen LogP contribution < -0.4 is 0 Å². The van der Waals surface area contributed by atoms with Crippen LogP contribution in [0.5, 0.6) is 0 Å². The Morgan fingerprint density at radius 3 is 2.00 bits per heavy atom. The van der Waals surface area contributed by atoms with E-state index in [1.807, 2.05) is 0 Å². The molecule has 5 heteroatoms. The average Bonchev–Trinajstić information content (AvgIpc) is 2.16. The molecule has 0 aliphatic heterocycles. The second-order valence-corrected chi connectivity index (χ2v) is 3.51. The van der Waals surface area contributed by atoms with Crippen molar-refractivity contribution < 1.29 is 19.1 Å². The van der Waals surface area contributed by atoms with Gasteiger partial charge in [0.2, 0.25) is 0 Å². The van der Waals surface area contributed by atoms with Crippen LogP contribution in [0, 0.1) is 6.92 Å². The first kappa shape index (κ1) is 18.8. The van der Waals surface area contributed by atoms with Gasteiger partial charge in [-0.2, -0.15) is 0 Å². The summed E-state index contributed by atoms with van der Waals surface area (Å²) in [5.41, 5.74) is 0.645. The van der Waals surface area contributed by atoms with Crippen molar-refractivity contribution in [1.82, 2.24) is 0 Å². The van der Waals surface area contributed by atoms with Crippen LogP contribution in [0.2, 0.25) is 0 Å². The molecule has 1 radical (unpaired) electrons. The molecule has 0 aromatic rings. The molecule has 0 saturated carbocycles. The summed E-state index contributed by atoms with van der Waals surface area (Å²) in [6, 6.07) is 0. The molecule has 0 aromatic carbocycles. The Hall–Kier alpha value is -0.580. The van der Waals surface area contributed by atoms with Crippen LogP contribution in [0.1, 0.15) is 20.3 Å². The number of hydrogen-bond acceptors (Lipinski definition) is 4. The summed E-state index contributed by atoms with van der Waals surface area (Å²) in [6.45, 7) is 13.7. The molecule has 1 atom stereocenters. The molecule has 0 rings (SSSR count). The molecule has 0 bridgehead atoms. The van der Waals surface area contributed by atoms with Gasteiger partial charge in [-0.3, -0.25) is 0 Å². The van der Waals surface area contributed by atoms with Gasteiger partial charge in [-0.15, -0.1) is 0 Å². The third-order valence-electron chi connectivity index (χ3n) is 1.64. The SMILES string of the molecule is [CH2]C(CCOC(=O)C(=C)C)OC(=O)C(=C)C.[NaH]. The predicted molar refractivity (Wildman–Crippen MR) is 67.6 cm³/mol. The van der Waals surface area contributed by atoms with Crippen molar-refractivity contribution >= 4 is 41.5 Å². The number of rotatable bonds is 6. The summed E-state index contributed by atoms with van der Waals surface area (Å²) in [4.78, 5) is 22.1. The molecule has 0 fully saturated rings. The van der Waals surface area contributed by atoms with E-state index in [0.29, 0.717) is 17.6 Å². The Labute approximate surface area is 124 Å². The fraction of sp³-hybridized carbons (Fsp3) is 0.417. The number of ether oxygens (including phenoxy) is 2. The van der Waals surface area contributed by atoms with Crippen LogP contribution in [0.3, 0.4) is 0 Å². The first-order valence-electron chi connectivity index (χ1n) is 4.86. The monoisotopic (exact) mass is 249 g/mol. The van der Waals surface area contributed by atoms with Gasteiger partial charge in [0.05, 0.1) is 6.61 Å². The third-order valence-corrected chi connectivity index (χ3v) is 1.64. The molecule has 4 nitrogen and oxygen atoms in total. The zero-order chi connectivity index (χ0) is 12.7. The Morgan fingerprint density at radius 1 is 1.12 bits per heavy atom. The first-order valence-corrected chi connectivity index (χ1v) is 4.86. The Kier molecular flexibility index (Phi) is 10.4. The Morgan fingerprint density at radius 2 is 1.59 bits per heavy atom. The fourth-order valence-corrected chi connectivity index (χ4v) is 0.717. The molecule has 0 N–H and O–H groups in total. The molecule has 0 aliphatic carbocycles. The van der Waals surface area contributed by atoms with Crippen molar-refractivity contribution in [3.05, 3.63) is 31.2 Å². The van der Waals surface area contributed by atoms with Gasteiger partial charge in [-0.25, -0.2) is 9.59 Å². The third kappa shape index (κ3) is 9.15. The van der Waals surface area contributed by atoms with Crippen molar-refractivity contribution in [3.8, 4) is 0 Å². The standard InChI is InChI=1S/C12H17O4.Na.H/c1-8(2)11(13)15-7-6-10(5)16-12(14)9(3)4;;/h10H,1,3,5-7H2,2,4H3;;. The molecule has 0 spiro atoms. The van der Waals surface area contributed by atoms with Crippen LogP contribution in [0.25, 0.3) is 0 Å². The molecule has 0 amide bonds. The molecule has 0 heterocycles. The van der Waals surface area contributed by atoms with E-state index in [9.17, 15) is 9.59 Å². The van der Waals surface area contributed by atoms with Crippen LogP contribution in [0.4, 0.5) is 0 Å². The van der Waals surface area contributed by atoms with Gasteiger partial charge in [0.1, 0.15) is 6.10 Å². The zero-order valence-electron chi connectivity index (χ0n) is 9.75. The van der Waals surface area contributed by atoms with Crippen LogP contribution in [-0.4, -0.2) is 54.2 Å². The van der Waals surface area contributed by atoms with Crippen molar-refractivity contribution in [1.29, 1.82) is 0 Å². The summed E-state index contributed by atoms with van der Waals surface area (Å²) < 4.78 is 9.71. The molecule has 0 aliphatic rings. The van der Waals surface area contributed by atoms with E-state index in [-0.39, 0.29) is 36.2 Å². The molecule has 91 valence electrons. The van der Waals surface area contributed by atoms with E-state index >= 15 is 0 Å². The van der Waals surface area contributed by atoms with Gasteiger partial charge in [-0.1, -0.05) is 13.2 Å². The minimum atomic E-state index is -0.554. The van der Waals surface area contributed by atoms with Gasteiger partial charge >= 0.3 is 41.5 Å². The zero-order valence-corrected chi connectivity index (χ0v) is 9.75. The summed E-state index contributed by atoms with van der Waals surface area (Å²) in [6.07, 6.45) is -0.208. The molecular formula is C12H18NaO4. The normalized spacial score (nSPS) is 10.8. The Balaban J connectivity index is 0. The van der Waals surface area contributed by atoms with Gasteiger partial charge in [0, 0.05) is 17.6 Å². The second kappa shape index (κ2) is 9.45. The number of carbonyl (C=O) groups excluding carboxylic acids is 2. The van der Waals surface area contributed by atoms with E-state index < -0.39 is 18.0 Å². The molecule has 17 heavy (non-hydrogen) atoms. The van der Waals surface area contributed by atoms with Crippen molar-refractivity contribution in [2.24, 2.45) is 0 Å². The maximum atomic E-state index is 11.1. The van der Waals surface area contributed by atoms with Crippen molar-refractivity contribution in [2.75, 3.05) is 6.61 Å². The van der Waals surface area contributed by atoms with Crippen molar-refractivity contribution in [2.45, 2.75) is 26.4 Å². The maximum absolute atomic E-state index is 11.1. The van der Waals surface area contributed by atoms with Gasteiger partial charge < -0.3 is 9.47 Å². The average molecular weight is 249 g/mol. The van der Waals surface area contributed by atoms with E-state index in [0.717, 1.165) is 0 Å². The molecular weight excluding hydrogens is 231 g/mol. The van der Waals surface area contributed by atoms with Crippen LogP contribution in [0.15, 0.2) is 24.3 Å². The quantitative estimate of drug-likeness (QED) is 0.403. The van der Waals surface area contributed by atoms with Gasteiger partial charge in [0.15, 0.2) is 0 Å². The second-order valence-electron chi connectivity index (χ2n) is 3.51. The topological polar surface area (TPSA) is 52.6 Å². The summed E-state index contributed by atoms with van der Waals surface area (Å²) >= 11 is 0. The van der Waals surface area contributed by atoms with E-state index in [1.165, 1.54) is 0 Å². The van der Waals surface area contributed by atoms with Crippen LogP contribution in [-0.2, 0) is 19.1 Å². The summed E-state index contributed by atoms with van der Waals surface area (Å²) in [5, 5.41) is 0. The molecule has 0 aromatic heterocycles. The predicted octanol–water partition coefficient (Wildman–Crippen LogP) is 1.17. The van der Waals surface area contributed by atoms with E-state index in [4.69, 9.17) is 9.47 Å². The molecule has 0 saturated heterocycles. The minimum absolute atomic E-state index is 0. The first-order chi connectivity index (χ1) is 7.34. The Bertz CT molecular complexity index is 310. The number of esters is 2. The van der Waals surface area contributed by atoms with Gasteiger partial charge in [-0.05, 0) is 20.8 Å². The van der Waals surface area contributed by atoms with E-state index in [2.05, 4.69) is 20.1 Å². The number of hydrogen-bond donors (Lipinski definition) is 0. The van der Waals surface area contributed by atoms with E-state index in [1.54, 1.807) is 13.8 Å². The van der Waals surface area contributed by atoms with Crippen molar-refractivity contribution in [3.63, 3.8) is 0 Å². The fourth-order valence-electron chi connectivity index (χ4n) is 0.717. The van der Waals surface area contributed by atoms with Gasteiger partial charge in [0.25, 0.3) is 0 Å².